The third-order valence-corrected chi connectivity index (χ3v) is 5.15. The molecule has 0 saturated heterocycles. The van der Waals surface area contributed by atoms with Crippen LogP contribution in [0.5, 0.6) is 0 Å². The fourth-order valence-corrected chi connectivity index (χ4v) is 3.10. The molecular weight excluding hydrogens is 318 g/mol. The van der Waals surface area contributed by atoms with Crippen molar-refractivity contribution in [2.75, 3.05) is 26.7 Å². The standard InChI is InChI=1S/C15H27N3O4S/c1-6-18(7-2)12(11(3)4)10-17-15(19)13-8-9-14(22-13)23(20,21)16-5/h8-9,11-12,16H,6-7,10H2,1-5H3,(H,17,19). The van der Waals surface area contributed by atoms with Gasteiger partial charge in [0.1, 0.15) is 0 Å². The minimum absolute atomic E-state index is 0.0131. The zero-order chi connectivity index (χ0) is 17.6. The van der Waals surface area contributed by atoms with Crippen molar-refractivity contribution < 1.29 is 17.6 Å². The molecule has 0 spiro atoms. The van der Waals surface area contributed by atoms with Gasteiger partial charge in [0, 0.05) is 12.6 Å². The number of sulfonamides is 1. The molecule has 1 atom stereocenters. The molecule has 1 aromatic rings. The Kier molecular flexibility index (Phi) is 7.24. The van der Waals surface area contributed by atoms with Gasteiger partial charge < -0.3 is 9.73 Å². The first-order valence-electron chi connectivity index (χ1n) is 7.82. The Bertz CT molecular complexity index is 606. The minimum Gasteiger partial charge on any atom is -0.438 e. The van der Waals surface area contributed by atoms with E-state index in [-0.39, 0.29) is 16.9 Å². The van der Waals surface area contributed by atoms with Crippen LogP contribution in [0.4, 0.5) is 0 Å². The predicted molar refractivity (Wildman–Crippen MR) is 88.8 cm³/mol. The molecule has 0 aromatic carbocycles. The van der Waals surface area contributed by atoms with Gasteiger partial charge in [-0.2, -0.15) is 0 Å². The summed E-state index contributed by atoms with van der Waals surface area (Å²) in [5, 5.41) is 2.55. The van der Waals surface area contributed by atoms with Gasteiger partial charge in [-0.1, -0.05) is 27.7 Å². The number of nitrogens with one attached hydrogen (secondary N) is 2. The second kappa shape index (κ2) is 8.47. The number of carbonyl (C=O) groups is 1. The highest BCUT2D eigenvalue weighted by molar-refractivity contribution is 7.89. The van der Waals surface area contributed by atoms with Crippen molar-refractivity contribution in [2.24, 2.45) is 5.92 Å². The average molecular weight is 345 g/mol. The van der Waals surface area contributed by atoms with Crippen LogP contribution in [0.1, 0.15) is 38.2 Å². The van der Waals surface area contributed by atoms with Crippen LogP contribution < -0.4 is 10.0 Å². The van der Waals surface area contributed by atoms with E-state index in [0.717, 1.165) is 13.1 Å². The highest BCUT2D eigenvalue weighted by atomic mass is 32.2. The summed E-state index contributed by atoms with van der Waals surface area (Å²) in [6, 6.07) is 2.84. The van der Waals surface area contributed by atoms with Crippen LogP contribution in [0.25, 0.3) is 0 Å². The van der Waals surface area contributed by atoms with Crippen molar-refractivity contribution >= 4 is 15.9 Å². The van der Waals surface area contributed by atoms with Crippen LogP contribution in [0.2, 0.25) is 0 Å². The van der Waals surface area contributed by atoms with Gasteiger partial charge in [0.05, 0.1) is 0 Å². The average Bonchev–Trinajstić information content (AvgIpc) is 3.01. The Morgan fingerprint density at radius 2 is 1.87 bits per heavy atom. The maximum atomic E-state index is 12.2. The first-order chi connectivity index (χ1) is 10.8. The van der Waals surface area contributed by atoms with E-state index in [1.807, 2.05) is 0 Å². The fourth-order valence-electron chi connectivity index (χ4n) is 2.45. The van der Waals surface area contributed by atoms with Crippen molar-refractivity contribution in [2.45, 2.75) is 38.8 Å². The lowest BCUT2D eigenvalue weighted by molar-refractivity contribution is 0.0888. The highest BCUT2D eigenvalue weighted by Crippen LogP contribution is 2.14. The van der Waals surface area contributed by atoms with E-state index >= 15 is 0 Å². The number of hydrogen-bond donors (Lipinski definition) is 2. The van der Waals surface area contributed by atoms with Crippen LogP contribution in [0.3, 0.4) is 0 Å². The Hall–Kier alpha value is -1.38. The SMILES string of the molecule is CCN(CC)C(CNC(=O)c1ccc(S(=O)(=O)NC)o1)C(C)C. The Labute approximate surface area is 138 Å². The number of nitrogens with zero attached hydrogens (tertiary/aromatic N) is 1. The van der Waals surface area contributed by atoms with Gasteiger partial charge in [0.25, 0.3) is 15.9 Å². The summed E-state index contributed by atoms with van der Waals surface area (Å²) in [6.45, 7) is 10.7. The largest absolute Gasteiger partial charge is 0.438 e. The quantitative estimate of drug-likeness (QED) is 0.703. The molecule has 0 aliphatic heterocycles. The topological polar surface area (TPSA) is 91.7 Å². The van der Waals surface area contributed by atoms with Crippen LogP contribution in [-0.4, -0.2) is 51.9 Å². The Morgan fingerprint density at radius 3 is 2.35 bits per heavy atom. The van der Waals surface area contributed by atoms with E-state index in [0.29, 0.717) is 12.5 Å². The molecule has 1 aromatic heterocycles. The summed E-state index contributed by atoms with van der Waals surface area (Å²) < 4.78 is 30.5. The van der Waals surface area contributed by atoms with Crippen LogP contribution >= 0.6 is 0 Å². The summed E-state index contributed by atoms with van der Waals surface area (Å²) in [7, 11) is -2.40. The lowest BCUT2D eigenvalue weighted by Crippen LogP contribution is -2.46. The zero-order valence-electron chi connectivity index (χ0n) is 14.4. The normalized spacial score (nSPS) is 13.5. The van der Waals surface area contributed by atoms with Gasteiger partial charge in [-0.3, -0.25) is 9.69 Å². The third kappa shape index (κ3) is 5.05. The molecule has 0 bridgehead atoms. The van der Waals surface area contributed by atoms with Gasteiger partial charge in [0.15, 0.2) is 5.76 Å². The molecule has 1 rings (SSSR count). The maximum Gasteiger partial charge on any atom is 0.287 e. The molecule has 132 valence electrons. The van der Waals surface area contributed by atoms with Crippen molar-refractivity contribution in [3.63, 3.8) is 0 Å². The van der Waals surface area contributed by atoms with Crippen molar-refractivity contribution in [1.82, 2.24) is 14.9 Å². The third-order valence-electron chi connectivity index (χ3n) is 3.86. The molecule has 0 saturated carbocycles. The molecule has 0 aliphatic carbocycles. The number of likely N-dealkylation sites (N-methyl/N-ethyl adjacent to an activating group) is 1. The molecule has 0 fully saturated rings. The Morgan fingerprint density at radius 1 is 1.26 bits per heavy atom. The second-order valence-electron chi connectivity index (χ2n) is 5.57. The maximum absolute atomic E-state index is 12.2. The lowest BCUT2D eigenvalue weighted by atomic mass is 10.0. The predicted octanol–water partition coefficient (Wildman–Crippen LogP) is 1.28. The van der Waals surface area contributed by atoms with Crippen LogP contribution in [0.15, 0.2) is 21.6 Å². The molecule has 8 heteroatoms. The van der Waals surface area contributed by atoms with Crippen molar-refractivity contribution in [3.8, 4) is 0 Å². The Balaban J connectivity index is 2.76. The molecular formula is C15H27N3O4S. The van der Waals surface area contributed by atoms with E-state index < -0.39 is 15.9 Å². The number of hydrogen-bond acceptors (Lipinski definition) is 5. The zero-order valence-corrected chi connectivity index (χ0v) is 15.2. The molecule has 1 heterocycles. The first-order valence-corrected chi connectivity index (χ1v) is 9.30. The summed E-state index contributed by atoms with van der Waals surface area (Å²) >= 11 is 0. The molecule has 1 amide bonds. The van der Waals surface area contributed by atoms with E-state index in [1.165, 1.54) is 19.2 Å². The first kappa shape index (κ1) is 19.7. The molecule has 0 radical (unpaired) electrons. The number of furan rings is 1. The smallest absolute Gasteiger partial charge is 0.287 e. The van der Waals surface area contributed by atoms with E-state index in [2.05, 4.69) is 42.6 Å². The summed E-state index contributed by atoms with van der Waals surface area (Å²) in [4.78, 5) is 14.4. The van der Waals surface area contributed by atoms with E-state index in [9.17, 15) is 13.2 Å². The molecule has 1 unspecified atom stereocenters. The molecule has 0 aliphatic rings. The summed E-state index contributed by atoms with van der Waals surface area (Å²) in [5.41, 5.74) is 0. The van der Waals surface area contributed by atoms with Crippen molar-refractivity contribution in [1.29, 1.82) is 0 Å². The van der Waals surface area contributed by atoms with Gasteiger partial charge in [-0.25, -0.2) is 13.1 Å². The second-order valence-corrected chi connectivity index (χ2v) is 7.39. The van der Waals surface area contributed by atoms with E-state index in [4.69, 9.17) is 4.42 Å². The molecule has 7 nitrogen and oxygen atoms in total. The van der Waals surface area contributed by atoms with Gasteiger partial charge >= 0.3 is 0 Å². The van der Waals surface area contributed by atoms with Crippen LogP contribution in [0, 0.1) is 5.92 Å². The summed E-state index contributed by atoms with van der Waals surface area (Å²) in [5.74, 6) is -0.0479. The number of rotatable bonds is 9. The van der Waals surface area contributed by atoms with Gasteiger partial charge in [-0.15, -0.1) is 0 Å². The lowest BCUT2D eigenvalue weighted by Gasteiger charge is -2.32. The summed E-state index contributed by atoms with van der Waals surface area (Å²) in [6.07, 6.45) is 0. The molecule has 23 heavy (non-hydrogen) atoms. The number of amides is 1. The van der Waals surface area contributed by atoms with Gasteiger partial charge in [0.2, 0.25) is 5.09 Å². The van der Waals surface area contributed by atoms with Crippen LogP contribution in [-0.2, 0) is 10.0 Å². The monoisotopic (exact) mass is 345 g/mol. The highest BCUT2D eigenvalue weighted by Gasteiger charge is 2.23. The van der Waals surface area contributed by atoms with Crippen molar-refractivity contribution in [3.05, 3.63) is 17.9 Å². The molecule has 2 N–H and O–H groups in total. The fraction of sp³-hybridized carbons (Fsp3) is 0.667. The van der Waals surface area contributed by atoms with E-state index in [1.54, 1.807) is 0 Å². The minimum atomic E-state index is -3.68. The van der Waals surface area contributed by atoms with Gasteiger partial charge in [-0.05, 0) is 38.2 Å². The number of carbonyl (C=O) groups excluding carboxylic acids is 1.